The number of nitrogens with zero attached hydrogens (tertiary/aromatic N) is 1. The second-order valence-corrected chi connectivity index (χ2v) is 7.58. The molecule has 6 nitrogen and oxygen atoms in total. The van der Waals surface area contributed by atoms with Gasteiger partial charge in [-0.05, 0) is 18.0 Å². The van der Waals surface area contributed by atoms with Crippen LogP contribution in [-0.4, -0.2) is 59.3 Å². The van der Waals surface area contributed by atoms with Gasteiger partial charge >= 0.3 is 0 Å². The first-order valence-electron chi connectivity index (χ1n) is 7.20. The first-order chi connectivity index (χ1) is 10.1. The molecular weight excluding hydrogens is 310 g/mol. The molecule has 1 saturated heterocycles. The highest BCUT2D eigenvalue weighted by atomic mass is 32.2. The van der Waals surface area contributed by atoms with E-state index in [4.69, 9.17) is 4.74 Å². The maximum Gasteiger partial charge on any atom is 0.241 e. The third-order valence-electron chi connectivity index (χ3n) is 3.35. The number of hydrogen-bond acceptors (Lipinski definition) is 6. The molecule has 8 heteroatoms. The predicted octanol–water partition coefficient (Wildman–Crippen LogP) is 0.468. The zero-order valence-electron chi connectivity index (χ0n) is 12.3. The molecular formula is C13H23N3O3S2. The van der Waals surface area contributed by atoms with Gasteiger partial charge in [0.1, 0.15) is 0 Å². The zero-order chi connectivity index (χ0) is 15.1. The van der Waals surface area contributed by atoms with Gasteiger partial charge in [0.25, 0.3) is 0 Å². The molecule has 1 aromatic rings. The number of nitrogens with one attached hydrogen (secondary N) is 2. The van der Waals surface area contributed by atoms with E-state index in [0.717, 1.165) is 44.3 Å². The fourth-order valence-electron chi connectivity index (χ4n) is 2.18. The Hall–Kier alpha value is -0.510. The van der Waals surface area contributed by atoms with E-state index in [2.05, 4.69) is 14.9 Å². The fourth-order valence-corrected chi connectivity index (χ4v) is 4.61. The standard InChI is InChI=1S/C13H23N3O3S2/c1-2-14-11-12-13(3-10-20-12)21(17,18)15-4-5-16-6-8-19-9-7-16/h3,10,14-15H,2,4-9,11H2,1H3. The highest BCUT2D eigenvalue weighted by Crippen LogP contribution is 2.21. The summed E-state index contributed by atoms with van der Waals surface area (Å²) in [7, 11) is -3.42. The van der Waals surface area contributed by atoms with Crippen molar-refractivity contribution >= 4 is 21.4 Å². The van der Waals surface area contributed by atoms with Crippen LogP contribution in [0.25, 0.3) is 0 Å². The van der Waals surface area contributed by atoms with Gasteiger partial charge in [0.15, 0.2) is 0 Å². The number of ether oxygens (including phenoxy) is 1. The van der Waals surface area contributed by atoms with Crippen molar-refractivity contribution in [3.63, 3.8) is 0 Å². The maximum absolute atomic E-state index is 12.3. The topological polar surface area (TPSA) is 70.7 Å². The predicted molar refractivity (Wildman–Crippen MR) is 84.1 cm³/mol. The van der Waals surface area contributed by atoms with E-state index in [9.17, 15) is 8.42 Å². The monoisotopic (exact) mass is 333 g/mol. The van der Waals surface area contributed by atoms with Crippen LogP contribution in [-0.2, 0) is 21.3 Å². The summed E-state index contributed by atoms with van der Waals surface area (Å²) in [5.41, 5.74) is 0. The molecule has 21 heavy (non-hydrogen) atoms. The lowest BCUT2D eigenvalue weighted by molar-refractivity contribution is 0.0390. The number of sulfonamides is 1. The molecule has 0 amide bonds. The van der Waals surface area contributed by atoms with Crippen molar-refractivity contribution in [3.8, 4) is 0 Å². The van der Waals surface area contributed by atoms with Gasteiger partial charge in [0, 0.05) is 37.6 Å². The summed E-state index contributed by atoms with van der Waals surface area (Å²) >= 11 is 1.47. The molecule has 120 valence electrons. The molecule has 2 rings (SSSR count). The minimum absolute atomic E-state index is 0.399. The summed E-state index contributed by atoms with van der Waals surface area (Å²) in [6.45, 7) is 7.75. The molecule has 0 aliphatic carbocycles. The summed E-state index contributed by atoms with van der Waals surface area (Å²) in [4.78, 5) is 3.46. The average Bonchev–Trinajstić information content (AvgIpc) is 2.95. The minimum atomic E-state index is -3.42. The number of thiophene rings is 1. The first-order valence-corrected chi connectivity index (χ1v) is 9.56. The number of morpholine rings is 1. The van der Waals surface area contributed by atoms with Crippen molar-refractivity contribution in [2.75, 3.05) is 45.9 Å². The number of hydrogen-bond donors (Lipinski definition) is 2. The van der Waals surface area contributed by atoms with Crippen molar-refractivity contribution < 1.29 is 13.2 Å². The second kappa shape index (κ2) is 8.21. The Morgan fingerprint density at radius 1 is 1.38 bits per heavy atom. The molecule has 1 fully saturated rings. The Labute approximate surface area is 130 Å². The molecule has 0 bridgehead atoms. The first kappa shape index (κ1) is 16.9. The van der Waals surface area contributed by atoms with E-state index in [1.165, 1.54) is 11.3 Å². The SMILES string of the molecule is CCNCc1sccc1S(=O)(=O)NCCN1CCOCC1. The summed E-state index contributed by atoms with van der Waals surface area (Å²) in [6.07, 6.45) is 0. The Morgan fingerprint density at radius 3 is 2.86 bits per heavy atom. The Balaban J connectivity index is 1.87. The Morgan fingerprint density at radius 2 is 2.14 bits per heavy atom. The van der Waals surface area contributed by atoms with E-state index in [-0.39, 0.29) is 0 Å². The van der Waals surface area contributed by atoms with E-state index < -0.39 is 10.0 Å². The van der Waals surface area contributed by atoms with E-state index in [0.29, 0.717) is 18.0 Å². The maximum atomic E-state index is 12.3. The third-order valence-corrected chi connectivity index (χ3v) is 5.95. The molecule has 1 aliphatic rings. The molecule has 1 aliphatic heterocycles. The van der Waals surface area contributed by atoms with Crippen LogP contribution >= 0.6 is 11.3 Å². The quantitative estimate of drug-likeness (QED) is 0.724. The summed E-state index contributed by atoms with van der Waals surface area (Å²) < 4.78 is 32.7. The van der Waals surface area contributed by atoms with Gasteiger partial charge in [0.05, 0.1) is 18.1 Å². The summed E-state index contributed by atoms with van der Waals surface area (Å²) in [5, 5.41) is 4.99. The zero-order valence-corrected chi connectivity index (χ0v) is 13.9. The van der Waals surface area contributed by atoms with Crippen LogP contribution in [0.1, 0.15) is 11.8 Å². The van der Waals surface area contributed by atoms with Gasteiger partial charge in [-0.1, -0.05) is 6.92 Å². The third kappa shape index (κ3) is 5.01. The van der Waals surface area contributed by atoms with Crippen LogP contribution in [0, 0.1) is 0 Å². The molecule has 2 N–H and O–H groups in total. The minimum Gasteiger partial charge on any atom is -0.379 e. The second-order valence-electron chi connectivity index (χ2n) is 4.84. The normalized spacial score (nSPS) is 17.2. The lowest BCUT2D eigenvalue weighted by atomic mass is 10.4. The highest BCUT2D eigenvalue weighted by Gasteiger charge is 2.19. The van der Waals surface area contributed by atoms with Gasteiger partial charge in [-0.3, -0.25) is 4.90 Å². The lowest BCUT2D eigenvalue weighted by Gasteiger charge is -2.26. The van der Waals surface area contributed by atoms with Gasteiger partial charge in [0.2, 0.25) is 10.0 Å². The summed E-state index contributed by atoms with van der Waals surface area (Å²) in [5.74, 6) is 0. The van der Waals surface area contributed by atoms with Gasteiger partial charge in [-0.2, -0.15) is 0 Å². The molecule has 0 saturated carbocycles. The van der Waals surface area contributed by atoms with Gasteiger partial charge < -0.3 is 10.1 Å². The largest absolute Gasteiger partial charge is 0.379 e. The molecule has 1 aromatic heterocycles. The number of rotatable bonds is 8. The Bertz CT molecular complexity index is 525. The van der Waals surface area contributed by atoms with E-state index >= 15 is 0 Å². The van der Waals surface area contributed by atoms with Crippen LogP contribution in [0.15, 0.2) is 16.3 Å². The van der Waals surface area contributed by atoms with Crippen molar-refractivity contribution in [2.45, 2.75) is 18.4 Å². The molecule has 0 unspecified atom stereocenters. The van der Waals surface area contributed by atoms with Crippen LogP contribution < -0.4 is 10.0 Å². The van der Waals surface area contributed by atoms with Crippen molar-refractivity contribution in [1.29, 1.82) is 0 Å². The van der Waals surface area contributed by atoms with Crippen LogP contribution in [0.3, 0.4) is 0 Å². The van der Waals surface area contributed by atoms with Gasteiger partial charge in [-0.15, -0.1) is 11.3 Å². The van der Waals surface area contributed by atoms with E-state index in [1.54, 1.807) is 6.07 Å². The smallest absolute Gasteiger partial charge is 0.241 e. The summed E-state index contributed by atoms with van der Waals surface area (Å²) in [6, 6.07) is 1.68. The highest BCUT2D eigenvalue weighted by molar-refractivity contribution is 7.89. The average molecular weight is 333 g/mol. The Kier molecular flexibility index (Phi) is 6.59. The molecule has 2 heterocycles. The van der Waals surface area contributed by atoms with Crippen LogP contribution in [0.2, 0.25) is 0 Å². The van der Waals surface area contributed by atoms with Crippen molar-refractivity contribution in [2.24, 2.45) is 0 Å². The molecule has 0 spiro atoms. The van der Waals surface area contributed by atoms with Crippen molar-refractivity contribution in [1.82, 2.24) is 14.9 Å². The van der Waals surface area contributed by atoms with Gasteiger partial charge in [-0.25, -0.2) is 13.1 Å². The van der Waals surface area contributed by atoms with Crippen molar-refractivity contribution in [3.05, 3.63) is 16.3 Å². The van der Waals surface area contributed by atoms with Crippen LogP contribution in [0.5, 0.6) is 0 Å². The molecule has 0 atom stereocenters. The van der Waals surface area contributed by atoms with E-state index in [1.807, 2.05) is 12.3 Å². The lowest BCUT2D eigenvalue weighted by Crippen LogP contribution is -2.41. The fraction of sp³-hybridized carbons (Fsp3) is 0.692. The van der Waals surface area contributed by atoms with Crippen LogP contribution in [0.4, 0.5) is 0 Å². The molecule has 0 radical (unpaired) electrons. The molecule has 0 aromatic carbocycles.